The molecule has 0 amide bonds. The molecule has 2 rings (SSSR count). The maximum Gasteiger partial charge on any atom is 0.145 e. The molecule has 0 aromatic heterocycles. The molecule has 1 fully saturated rings. The minimum absolute atomic E-state index is 0.272. The number of nitrogens with one attached hydrogen (secondary N) is 1. The van der Waals surface area contributed by atoms with Crippen molar-refractivity contribution in [1.29, 1.82) is 5.26 Å². The Bertz CT molecular complexity index is 469. The van der Waals surface area contributed by atoms with Crippen LogP contribution in [0.5, 0.6) is 0 Å². The second kappa shape index (κ2) is 7.06. The van der Waals surface area contributed by atoms with Crippen molar-refractivity contribution in [3.8, 4) is 6.07 Å². The first-order chi connectivity index (χ1) is 10.1. The molecule has 21 heavy (non-hydrogen) atoms. The van der Waals surface area contributed by atoms with E-state index in [1.807, 2.05) is 18.2 Å². The molecule has 3 heteroatoms. The Morgan fingerprint density at radius 1 is 1.29 bits per heavy atom. The van der Waals surface area contributed by atoms with Gasteiger partial charge in [-0.15, -0.1) is 0 Å². The third kappa shape index (κ3) is 4.06. The molecule has 1 unspecified atom stereocenters. The van der Waals surface area contributed by atoms with Gasteiger partial charge in [0.25, 0.3) is 0 Å². The van der Waals surface area contributed by atoms with Crippen LogP contribution in [0.2, 0.25) is 0 Å². The quantitative estimate of drug-likeness (QED) is 0.903. The molecule has 1 saturated heterocycles. The van der Waals surface area contributed by atoms with Gasteiger partial charge in [0.15, 0.2) is 0 Å². The van der Waals surface area contributed by atoms with E-state index in [1.54, 1.807) is 0 Å². The lowest BCUT2D eigenvalue weighted by Crippen LogP contribution is -2.53. The highest BCUT2D eigenvalue weighted by Gasteiger charge is 2.35. The number of benzene rings is 1. The van der Waals surface area contributed by atoms with Crippen molar-refractivity contribution in [2.75, 3.05) is 19.6 Å². The first-order valence-electron chi connectivity index (χ1n) is 8.02. The third-order valence-corrected chi connectivity index (χ3v) is 4.33. The largest absolute Gasteiger partial charge is 0.300 e. The fourth-order valence-electron chi connectivity index (χ4n) is 3.12. The number of likely N-dealkylation sites (tertiary alicyclic amines) is 1. The minimum atomic E-state index is -0.615. The Morgan fingerprint density at radius 2 is 1.90 bits per heavy atom. The fraction of sp³-hybridized carbons (Fsp3) is 0.611. The van der Waals surface area contributed by atoms with E-state index in [2.05, 4.69) is 49.2 Å². The van der Waals surface area contributed by atoms with Crippen molar-refractivity contribution >= 4 is 0 Å². The van der Waals surface area contributed by atoms with Crippen molar-refractivity contribution in [1.82, 2.24) is 10.2 Å². The lowest BCUT2D eigenvalue weighted by atomic mass is 9.88. The lowest BCUT2D eigenvalue weighted by molar-refractivity contribution is 0.152. The molecule has 1 aromatic rings. The monoisotopic (exact) mass is 285 g/mol. The summed E-state index contributed by atoms with van der Waals surface area (Å²) in [5.74, 6) is 0.813. The molecule has 0 spiro atoms. The molecular weight excluding hydrogens is 258 g/mol. The van der Waals surface area contributed by atoms with E-state index in [-0.39, 0.29) is 6.04 Å². The van der Waals surface area contributed by atoms with Crippen molar-refractivity contribution < 1.29 is 0 Å². The van der Waals surface area contributed by atoms with E-state index in [1.165, 1.54) is 12.8 Å². The summed E-state index contributed by atoms with van der Waals surface area (Å²) in [7, 11) is 0. The van der Waals surface area contributed by atoms with E-state index >= 15 is 0 Å². The standard InChI is InChI=1S/C18H27N3/c1-15(2)20-18(13-19,17-7-5-4-6-8-17)14-21-11-9-16(3)10-12-21/h4-8,15-16,20H,9-12,14H2,1-3H3. The Labute approximate surface area is 129 Å². The number of nitriles is 1. The molecule has 1 aliphatic rings. The fourth-order valence-corrected chi connectivity index (χ4v) is 3.12. The van der Waals surface area contributed by atoms with Gasteiger partial charge in [-0.3, -0.25) is 5.32 Å². The van der Waals surface area contributed by atoms with Crippen LogP contribution in [0.3, 0.4) is 0 Å². The van der Waals surface area contributed by atoms with E-state index in [0.717, 1.165) is 31.1 Å². The average molecular weight is 285 g/mol. The molecule has 1 atom stereocenters. The van der Waals surface area contributed by atoms with Gasteiger partial charge in [-0.25, -0.2) is 0 Å². The van der Waals surface area contributed by atoms with Crippen LogP contribution in [0.25, 0.3) is 0 Å². The molecule has 1 aromatic carbocycles. The van der Waals surface area contributed by atoms with Crippen LogP contribution in [0, 0.1) is 17.2 Å². The third-order valence-electron chi connectivity index (χ3n) is 4.33. The molecule has 1 heterocycles. The second-order valence-corrected chi connectivity index (χ2v) is 6.64. The summed E-state index contributed by atoms with van der Waals surface area (Å²) < 4.78 is 0. The van der Waals surface area contributed by atoms with Crippen LogP contribution >= 0.6 is 0 Å². The van der Waals surface area contributed by atoms with Gasteiger partial charge < -0.3 is 4.90 Å². The molecule has 1 aliphatic heterocycles. The highest BCUT2D eigenvalue weighted by Crippen LogP contribution is 2.25. The average Bonchev–Trinajstić information content (AvgIpc) is 2.49. The summed E-state index contributed by atoms with van der Waals surface area (Å²) >= 11 is 0. The zero-order valence-electron chi connectivity index (χ0n) is 13.5. The highest BCUT2D eigenvalue weighted by atomic mass is 15.2. The molecule has 3 nitrogen and oxygen atoms in total. The van der Waals surface area contributed by atoms with Crippen molar-refractivity contribution in [2.45, 2.75) is 45.2 Å². The van der Waals surface area contributed by atoms with Crippen LogP contribution in [0.15, 0.2) is 30.3 Å². The van der Waals surface area contributed by atoms with E-state index < -0.39 is 5.54 Å². The zero-order valence-corrected chi connectivity index (χ0v) is 13.5. The van der Waals surface area contributed by atoms with Gasteiger partial charge in [-0.1, -0.05) is 37.3 Å². The van der Waals surface area contributed by atoms with Crippen LogP contribution in [-0.2, 0) is 5.54 Å². The Morgan fingerprint density at radius 3 is 2.43 bits per heavy atom. The summed E-state index contributed by atoms with van der Waals surface area (Å²) in [6, 6.07) is 13.0. The summed E-state index contributed by atoms with van der Waals surface area (Å²) in [4.78, 5) is 2.44. The minimum Gasteiger partial charge on any atom is -0.300 e. The second-order valence-electron chi connectivity index (χ2n) is 6.64. The summed E-state index contributed by atoms with van der Waals surface area (Å²) in [5.41, 5.74) is 0.454. The molecular formula is C18H27N3. The van der Waals surface area contributed by atoms with Crippen LogP contribution in [0.1, 0.15) is 39.2 Å². The first-order valence-corrected chi connectivity index (χ1v) is 8.02. The number of piperidine rings is 1. The SMILES string of the molecule is CC1CCN(CC(C#N)(NC(C)C)c2ccccc2)CC1. The van der Waals surface area contributed by atoms with Gasteiger partial charge in [0, 0.05) is 12.6 Å². The molecule has 0 saturated carbocycles. The summed E-state index contributed by atoms with van der Waals surface area (Å²) in [6.45, 7) is 9.48. The summed E-state index contributed by atoms with van der Waals surface area (Å²) in [5, 5.41) is 13.4. The number of nitrogens with zero attached hydrogens (tertiary/aromatic N) is 2. The normalized spacial score (nSPS) is 20.1. The van der Waals surface area contributed by atoms with E-state index in [0.29, 0.717) is 0 Å². The highest BCUT2D eigenvalue weighted by molar-refractivity contribution is 5.32. The van der Waals surface area contributed by atoms with E-state index in [9.17, 15) is 5.26 Å². The predicted molar refractivity (Wildman–Crippen MR) is 86.8 cm³/mol. The van der Waals surface area contributed by atoms with Crippen LogP contribution in [-0.4, -0.2) is 30.6 Å². The molecule has 114 valence electrons. The van der Waals surface area contributed by atoms with Gasteiger partial charge in [0.2, 0.25) is 0 Å². The Hall–Kier alpha value is -1.37. The zero-order chi connectivity index (χ0) is 15.3. The number of rotatable bonds is 5. The smallest absolute Gasteiger partial charge is 0.145 e. The summed E-state index contributed by atoms with van der Waals surface area (Å²) in [6.07, 6.45) is 2.47. The Balaban J connectivity index is 2.21. The van der Waals surface area contributed by atoms with Gasteiger partial charge in [-0.2, -0.15) is 5.26 Å². The number of hydrogen-bond acceptors (Lipinski definition) is 3. The van der Waals surface area contributed by atoms with Crippen LogP contribution in [0.4, 0.5) is 0 Å². The van der Waals surface area contributed by atoms with Crippen molar-refractivity contribution in [3.63, 3.8) is 0 Å². The first kappa shape index (κ1) is 16.0. The maximum atomic E-state index is 9.92. The molecule has 1 N–H and O–H groups in total. The maximum absolute atomic E-state index is 9.92. The molecule has 0 radical (unpaired) electrons. The molecule has 0 bridgehead atoms. The van der Waals surface area contributed by atoms with Gasteiger partial charge in [-0.05, 0) is 51.3 Å². The van der Waals surface area contributed by atoms with Crippen LogP contribution < -0.4 is 5.32 Å². The number of hydrogen-bond donors (Lipinski definition) is 1. The Kier molecular flexibility index (Phi) is 5.39. The topological polar surface area (TPSA) is 39.1 Å². The van der Waals surface area contributed by atoms with Gasteiger partial charge in [0.1, 0.15) is 5.54 Å². The lowest BCUT2D eigenvalue weighted by Gasteiger charge is -2.38. The predicted octanol–water partition coefficient (Wildman–Crippen LogP) is 3.14. The van der Waals surface area contributed by atoms with Gasteiger partial charge in [0.05, 0.1) is 6.07 Å². The molecule has 0 aliphatic carbocycles. The van der Waals surface area contributed by atoms with Crippen molar-refractivity contribution in [3.05, 3.63) is 35.9 Å². The van der Waals surface area contributed by atoms with E-state index in [4.69, 9.17) is 0 Å². The van der Waals surface area contributed by atoms with Gasteiger partial charge >= 0.3 is 0 Å². The van der Waals surface area contributed by atoms with Crippen molar-refractivity contribution in [2.24, 2.45) is 5.92 Å².